The molecule has 0 aliphatic heterocycles. The van der Waals surface area contributed by atoms with E-state index in [4.69, 9.17) is 11.6 Å². The van der Waals surface area contributed by atoms with Crippen molar-refractivity contribution in [3.05, 3.63) is 34.3 Å². The van der Waals surface area contributed by atoms with Crippen LogP contribution in [0, 0.1) is 6.92 Å². The van der Waals surface area contributed by atoms with E-state index in [0.717, 1.165) is 16.1 Å². The summed E-state index contributed by atoms with van der Waals surface area (Å²) in [7, 11) is 1.62. The molecule has 1 rings (SSSR count). The van der Waals surface area contributed by atoms with Crippen molar-refractivity contribution in [3.8, 4) is 0 Å². The summed E-state index contributed by atoms with van der Waals surface area (Å²) >= 11 is 5.90. The normalized spacial score (nSPS) is 10.1. The van der Waals surface area contributed by atoms with Crippen LogP contribution in [-0.2, 0) is 11.3 Å². The van der Waals surface area contributed by atoms with Crippen molar-refractivity contribution in [1.82, 2.24) is 10.6 Å². The Labute approximate surface area is 94.8 Å². The first kappa shape index (κ1) is 12.0. The van der Waals surface area contributed by atoms with Gasteiger partial charge in [0.2, 0.25) is 5.91 Å². The lowest BCUT2D eigenvalue weighted by Crippen LogP contribution is -2.30. The minimum atomic E-state index is -0.0133. The van der Waals surface area contributed by atoms with Gasteiger partial charge < -0.3 is 10.6 Å². The van der Waals surface area contributed by atoms with Crippen molar-refractivity contribution in [2.45, 2.75) is 13.5 Å². The van der Waals surface area contributed by atoms with E-state index in [1.165, 1.54) is 0 Å². The number of nitrogens with one attached hydrogen (secondary N) is 2. The second kappa shape index (κ2) is 5.73. The molecule has 1 amide bonds. The zero-order valence-electron chi connectivity index (χ0n) is 8.93. The van der Waals surface area contributed by atoms with Gasteiger partial charge in [0.05, 0.1) is 6.54 Å². The quantitative estimate of drug-likeness (QED) is 0.817. The third-order valence-electron chi connectivity index (χ3n) is 2.12. The van der Waals surface area contributed by atoms with Crippen LogP contribution in [0.4, 0.5) is 0 Å². The lowest BCUT2D eigenvalue weighted by molar-refractivity contribution is -0.119. The summed E-state index contributed by atoms with van der Waals surface area (Å²) in [6.45, 7) is 2.97. The van der Waals surface area contributed by atoms with Crippen LogP contribution in [0.5, 0.6) is 0 Å². The molecule has 4 heteroatoms. The zero-order chi connectivity index (χ0) is 11.3. The van der Waals surface area contributed by atoms with Gasteiger partial charge in [0, 0.05) is 18.6 Å². The van der Waals surface area contributed by atoms with Gasteiger partial charge in [-0.3, -0.25) is 4.79 Å². The number of carbonyl (C=O) groups excluding carboxylic acids is 1. The predicted molar refractivity (Wildman–Crippen MR) is 62.0 cm³/mol. The average molecular weight is 227 g/mol. The van der Waals surface area contributed by atoms with E-state index in [2.05, 4.69) is 10.6 Å². The van der Waals surface area contributed by atoms with Crippen LogP contribution in [0.3, 0.4) is 0 Å². The van der Waals surface area contributed by atoms with Crippen molar-refractivity contribution in [2.24, 2.45) is 0 Å². The molecular formula is C11H15ClN2O. The topological polar surface area (TPSA) is 41.1 Å². The molecule has 0 aliphatic carbocycles. The fourth-order valence-electron chi connectivity index (χ4n) is 1.23. The molecule has 0 unspecified atom stereocenters. The van der Waals surface area contributed by atoms with Crippen molar-refractivity contribution < 1.29 is 4.79 Å². The molecule has 0 fully saturated rings. The SMILES string of the molecule is CNC(=O)CNCc1ccc(Cl)c(C)c1. The third-order valence-corrected chi connectivity index (χ3v) is 2.54. The maximum atomic E-state index is 10.9. The van der Waals surface area contributed by atoms with Gasteiger partial charge in [-0.25, -0.2) is 0 Å². The van der Waals surface area contributed by atoms with Gasteiger partial charge in [-0.15, -0.1) is 0 Å². The molecule has 0 atom stereocenters. The molecule has 0 spiro atoms. The maximum Gasteiger partial charge on any atom is 0.233 e. The summed E-state index contributed by atoms with van der Waals surface area (Å²) in [6, 6.07) is 5.83. The number of hydrogen-bond acceptors (Lipinski definition) is 2. The molecule has 3 nitrogen and oxygen atoms in total. The summed E-state index contributed by atoms with van der Waals surface area (Å²) in [5.41, 5.74) is 2.18. The Kier molecular flexibility index (Phi) is 4.59. The number of benzene rings is 1. The van der Waals surface area contributed by atoms with Gasteiger partial charge in [0.1, 0.15) is 0 Å². The molecule has 82 valence electrons. The molecule has 0 saturated carbocycles. The number of rotatable bonds is 4. The van der Waals surface area contributed by atoms with Crippen molar-refractivity contribution in [2.75, 3.05) is 13.6 Å². The van der Waals surface area contributed by atoms with E-state index in [1.54, 1.807) is 7.05 Å². The van der Waals surface area contributed by atoms with Crippen molar-refractivity contribution in [3.63, 3.8) is 0 Å². The molecule has 0 saturated heterocycles. The molecule has 1 aromatic rings. The number of aryl methyl sites for hydroxylation is 1. The van der Waals surface area contributed by atoms with Gasteiger partial charge in [-0.05, 0) is 24.1 Å². The lowest BCUT2D eigenvalue weighted by atomic mass is 10.1. The molecule has 0 aromatic heterocycles. The molecule has 0 heterocycles. The fourth-order valence-corrected chi connectivity index (χ4v) is 1.34. The Morgan fingerprint density at radius 3 is 2.80 bits per heavy atom. The number of hydrogen-bond donors (Lipinski definition) is 2. The first-order valence-corrected chi connectivity index (χ1v) is 5.17. The Morgan fingerprint density at radius 1 is 1.47 bits per heavy atom. The van der Waals surface area contributed by atoms with E-state index in [0.29, 0.717) is 13.1 Å². The molecule has 0 bridgehead atoms. The summed E-state index contributed by atoms with van der Waals surface area (Å²) in [4.78, 5) is 10.9. The molecule has 1 aromatic carbocycles. The number of carbonyl (C=O) groups is 1. The van der Waals surface area contributed by atoms with E-state index in [9.17, 15) is 4.79 Å². The number of likely N-dealkylation sites (N-methyl/N-ethyl adjacent to an activating group) is 1. The highest BCUT2D eigenvalue weighted by molar-refractivity contribution is 6.31. The van der Waals surface area contributed by atoms with Crippen LogP contribution < -0.4 is 10.6 Å². The number of amides is 1. The van der Waals surface area contributed by atoms with Gasteiger partial charge in [0.25, 0.3) is 0 Å². The standard InChI is InChI=1S/C11H15ClN2O/c1-8-5-9(3-4-10(8)12)6-14-7-11(15)13-2/h3-5,14H,6-7H2,1-2H3,(H,13,15). The summed E-state index contributed by atoms with van der Waals surface area (Å²) < 4.78 is 0. The lowest BCUT2D eigenvalue weighted by Gasteiger charge is -2.05. The Morgan fingerprint density at radius 2 is 2.20 bits per heavy atom. The largest absolute Gasteiger partial charge is 0.358 e. The van der Waals surface area contributed by atoms with Crippen LogP contribution in [0.15, 0.2) is 18.2 Å². The second-order valence-electron chi connectivity index (χ2n) is 3.36. The van der Waals surface area contributed by atoms with E-state index in [1.807, 2.05) is 25.1 Å². The van der Waals surface area contributed by atoms with E-state index < -0.39 is 0 Å². The minimum Gasteiger partial charge on any atom is -0.358 e. The minimum absolute atomic E-state index is 0.0133. The third kappa shape index (κ3) is 3.90. The Balaban J connectivity index is 2.44. The molecule has 15 heavy (non-hydrogen) atoms. The van der Waals surface area contributed by atoms with E-state index in [-0.39, 0.29) is 5.91 Å². The van der Waals surface area contributed by atoms with Crippen LogP contribution in [-0.4, -0.2) is 19.5 Å². The highest BCUT2D eigenvalue weighted by Crippen LogP contribution is 2.15. The van der Waals surface area contributed by atoms with Gasteiger partial charge >= 0.3 is 0 Å². The first-order chi connectivity index (χ1) is 7.13. The van der Waals surface area contributed by atoms with Crippen LogP contribution in [0.2, 0.25) is 5.02 Å². The Bertz CT molecular complexity index is 352. The number of halogens is 1. The van der Waals surface area contributed by atoms with Gasteiger partial charge in [-0.1, -0.05) is 23.7 Å². The van der Waals surface area contributed by atoms with Crippen LogP contribution in [0.25, 0.3) is 0 Å². The van der Waals surface area contributed by atoms with Crippen LogP contribution >= 0.6 is 11.6 Å². The first-order valence-electron chi connectivity index (χ1n) is 4.80. The smallest absolute Gasteiger partial charge is 0.233 e. The van der Waals surface area contributed by atoms with Gasteiger partial charge in [0.15, 0.2) is 0 Å². The van der Waals surface area contributed by atoms with Crippen molar-refractivity contribution >= 4 is 17.5 Å². The van der Waals surface area contributed by atoms with Crippen LogP contribution in [0.1, 0.15) is 11.1 Å². The predicted octanol–water partition coefficient (Wildman–Crippen LogP) is 1.48. The highest BCUT2D eigenvalue weighted by atomic mass is 35.5. The zero-order valence-corrected chi connectivity index (χ0v) is 9.69. The summed E-state index contributed by atoms with van der Waals surface area (Å²) in [5, 5.41) is 6.36. The second-order valence-corrected chi connectivity index (χ2v) is 3.77. The monoisotopic (exact) mass is 226 g/mol. The van der Waals surface area contributed by atoms with Gasteiger partial charge in [-0.2, -0.15) is 0 Å². The van der Waals surface area contributed by atoms with Crippen molar-refractivity contribution in [1.29, 1.82) is 0 Å². The summed E-state index contributed by atoms with van der Waals surface area (Å²) in [6.07, 6.45) is 0. The maximum absolute atomic E-state index is 10.9. The Hall–Kier alpha value is -1.06. The molecule has 0 aliphatic rings. The van der Waals surface area contributed by atoms with E-state index >= 15 is 0 Å². The highest BCUT2D eigenvalue weighted by Gasteiger charge is 1.99. The average Bonchev–Trinajstić information content (AvgIpc) is 2.23. The molecular weight excluding hydrogens is 212 g/mol. The molecule has 0 radical (unpaired) electrons. The fraction of sp³-hybridized carbons (Fsp3) is 0.364. The summed E-state index contributed by atoms with van der Waals surface area (Å²) in [5.74, 6) is -0.0133. The molecule has 2 N–H and O–H groups in total.